The zero-order valence-electron chi connectivity index (χ0n) is 14.8. The fourth-order valence-corrected chi connectivity index (χ4v) is 5.27. The SMILES string of the molecule is CCOc1ccc(SCC(=O)N(CC2CCCO2)C2CCSC2)cc1. The summed E-state index contributed by atoms with van der Waals surface area (Å²) in [6.07, 6.45) is 3.53. The summed E-state index contributed by atoms with van der Waals surface area (Å²) in [6, 6.07) is 8.36. The fourth-order valence-electron chi connectivity index (χ4n) is 3.26. The molecular formula is C19H27NO3S2. The number of nitrogens with zero attached hydrogens (tertiary/aromatic N) is 1. The van der Waals surface area contributed by atoms with Crippen LogP contribution < -0.4 is 4.74 Å². The third-order valence-corrected chi connectivity index (χ3v) is 6.73. The summed E-state index contributed by atoms with van der Waals surface area (Å²) < 4.78 is 11.2. The number of hydrogen-bond donors (Lipinski definition) is 0. The van der Waals surface area contributed by atoms with Crippen LogP contribution in [0.25, 0.3) is 0 Å². The first-order chi connectivity index (χ1) is 12.3. The van der Waals surface area contributed by atoms with E-state index in [0.29, 0.717) is 18.4 Å². The number of ether oxygens (including phenoxy) is 2. The van der Waals surface area contributed by atoms with Crippen LogP contribution in [0.2, 0.25) is 0 Å². The third kappa shape index (κ3) is 5.56. The summed E-state index contributed by atoms with van der Waals surface area (Å²) in [7, 11) is 0. The van der Waals surface area contributed by atoms with Crippen molar-refractivity contribution in [1.29, 1.82) is 0 Å². The maximum absolute atomic E-state index is 12.9. The molecule has 0 spiro atoms. The van der Waals surface area contributed by atoms with E-state index in [1.165, 1.54) is 0 Å². The van der Waals surface area contributed by atoms with Gasteiger partial charge in [0.15, 0.2) is 0 Å². The smallest absolute Gasteiger partial charge is 0.233 e. The highest BCUT2D eigenvalue weighted by Crippen LogP contribution is 2.27. The van der Waals surface area contributed by atoms with Crippen LogP contribution in [0.15, 0.2) is 29.2 Å². The van der Waals surface area contributed by atoms with E-state index in [1.54, 1.807) is 11.8 Å². The van der Waals surface area contributed by atoms with Crippen LogP contribution in [0.1, 0.15) is 26.2 Å². The van der Waals surface area contributed by atoms with Gasteiger partial charge in [-0.05, 0) is 56.2 Å². The highest BCUT2D eigenvalue weighted by Gasteiger charge is 2.30. The van der Waals surface area contributed by atoms with Gasteiger partial charge >= 0.3 is 0 Å². The van der Waals surface area contributed by atoms with E-state index >= 15 is 0 Å². The van der Waals surface area contributed by atoms with E-state index in [-0.39, 0.29) is 12.0 Å². The number of thioether (sulfide) groups is 2. The van der Waals surface area contributed by atoms with Gasteiger partial charge in [-0.1, -0.05) is 0 Å². The van der Waals surface area contributed by atoms with E-state index in [2.05, 4.69) is 4.90 Å². The van der Waals surface area contributed by atoms with Crippen LogP contribution >= 0.6 is 23.5 Å². The van der Waals surface area contributed by atoms with E-state index in [0.717, 1.165) is 54.6 Å². The van der Waals surface area contributed by atoms with Gasteiger partial charge in [-0.2, -0.15) is 11.8 Å². The van der Waals surface area contributed by atoms with Crippen molar-refractivity contribution in [3.8, 4) is 5.75 Å². The molecule has 0 radical (unpaired) electrons. The van der Waals surface area contributed by atoms with Crippen molar-refractivity contribution >= 4 is 29.4 Å². The summed E-state index contributed by atoms with van der Waals surface area (Å²) in [4.78, 5) is 16.1. The van der Waals surface area contributed by atoms with Crippen LogP contribution in [-0.2, 0) is 9.53 Å². The molecule has 138 valence electrons. The molecule has 0 aliphatic carbocycles. The lowest BCUT2D eigenvalue weighted by atomic mass is 10.1. The first kappa shape index (κ1) is 18.9. The van der Waals surface area contributed by atoms with Gasteiger partial charge in [0.2, 0.25) is 5.91 Å². The van der Waals surface area contributed by atoms with Crippen LogP contribution in [0.3, 0.4) is 0 Å². The Morgan fingerprint density at radius 1 is 1.36 bits per heavy atom. The van der Waals surface area contributed by atoms with Crippen molar-refractivity contribution in [2.24, 2.45) is 0 Å². The minimum absolute atomic E-state index is 0.227. The summed E-state index contributed by atoms with van der Waals surface area (Å²) in [5, 5.41) is 0. The molecule has 6 heteroatoms. The van der Waals surface area contributed by atoms with Gasteiger partial charge in [0.1, 0.15) is 5.75 Å². The van der Waals surface area contributed by atoms with Crippen molar-refractivity contribution in [2.75, 3.05) is 37.0 Å². The molecule has 1 aromatic rings. The molecule has 3 rings (SSSR count). The Bertz CT molecular complexity index is 540. The summed E-state index contributed by atoms with van der Waals surface area (Å²) in [5.41, 5.74) is 0. The molecule has 2 heterocycles. The van der Waals surface area contributed by atoms with E-state index < -0.39 is 0 Å². The molecule has 0 saturated carbocycles. The van der Waals surface area contributed by atoms with Crippen LogP contribution in [0, 0.1) is 0 Å². The van der Waals surface area contributed by atoms with Gasteiger partial charge in [0.25, 0.3) is 0 Å². The van der Waals surface area contributed by atoms with Crippen LogP contribution in [-0.4, -0.2) is 60.0 Å². The number of amides is 1. The van der Waals surface area contributed by atoms with Gasteiger partial charge in [-0.3, -0.25) is 4.79 Å². The molecule has 2 aliphatic heterocycles. The van der Waals surface area contributed by atoms with Crippen molar-refractivity contribution in [2.45, 2.75) is 43.2 Å². The van der Waals surface area contributed by atoms with Crippen LogP contribution in [0.4, 0.5) is 0 Å². The molecular weight excluding hydrogens is 354 g/mol. The minimum Gasteiger partial charge on any atom is -0.494 e. The summed E-state index contributed by atoms with van der Waals surface area (Å²) >= 11 is 3.56. The molecule has 2 fully saturated rings. The van der Waals surface area contributed by atoms with Crippen molar-refractivity contribution in [1.82, 2.24) is 4.90 Å². The molecule has 2 saturated heterocycles. The lowest BCUT2D eigenvalue weighted by Gasteiger charge is -2.30. The molecule has 0 aromatic heterocycles. The highest BCUT2D eigenvalue weighted by atomic mass is 32.2. The van der Waals surface area contributed by atoms with Gasteiger partial charge in [-0.25, -0.2) is 0 Å². The Morgan fingerprint density at radius 2 is 2.20 bits per heavy atom. The number of rotatable bonds is 8. The lowest BCUT2D eigenvalue weighted by Crippen LogP contribution is -2.45. The maximum atomic E-state index is 12.9. The number of carbonyl (C=O) groups excluding carboxylic acids is 1. The van der Waals surface area contributed by atoms with Gasteiger partial charge in [0, 0.05) is 29.8 Å². The molecule has 1 aromatic carbocycles. The normalized spacial score (nSPS) is 22.9. The van der Waals surface area contributed by atoms with Gasteiger partial charge in [0.05, 0.1) is 18.5 Å². The monoisotopic (exact) mass is 381 g/mol. The summed E-state index contributed by atoms with van der Waals surface area (Å²) in [5.74, 6) is 3.82. The van der Waals surface area contributed by atoms with Crippen LogP contribution in [0.5, 0.6) is 5.75 Å². The molecule has 0 bridgehead atoms. The Morgan fingerprint density at radius 3 is 2.84 bits per heavy atom. The van der Waals surface area contributed by atoms with E-state index in [1.807, 2.05) is 43.0 Å². The predicted molar refractivity (Wildman–Crippen MR) is 105 cm³/mol. The van der Waals surface area contributed by atoms with Gasteiger partial charge < -0.3 is 14.4 Å². The second kappa shape index (κ2) is 9.74. The lowest BCUT2D eigenvalue weighted by molar-refractivity contribution is -0.131. The Labute approximate surface area is 159 Å². The number of benzene rings is 1. The first-order valence-corrected chi connectivity index (χ1v) is 11.2. The molecule has 4 nitrogen and oxygen atoms in total. The molecule has 25 heavy (non-hydrogen) atoms. The van der Waals surface area contributed by atoms with Crippen molar-refractivity contribution < 1.29 is 14.3 Å². The predicted octanol–water partition coefficient (Wildman–Crippen LogP) is 3.69. The topological polar surface area (TPSA) is 38.8 Å². The number of hydrogen-bond acceptors (Lipinski definition) is 5. The largest absolute Gasteiger partial charge is 0.494 e. The zero-order valence-corrected chi connectivity index (χ0v) is 16.4. The molecule has 2 aliphatic rings. The van der Waals surface area contributed by atoms with E-state index in [9.17, 15) is 4.79 Å². The zero-order chi connectivity index (χ0) is 17.5. The third-order valence-electron chi connectivity index (χ3n) is 4.59. The van der Waals surface area contributed by atoms with Gasteiger partial charge in [-0.15, -0.1) is 11.8 Å². The average molecular weight is 382 g/mol. The second-order valence-corrected chi connectivity index (χ2v) is 8.59. The van der Waals surface area contributed by atoms with E-state index in [4.69, 9.17) is 9.47 Å². The summed E-state index contributed by atoms with van der Waals surface area (Å²) in [6.45, 7) is 4.24. The highest BCUT2D eigenvalue weighted by molar-refractivity contribution is 8.00. The quantitative estimate of drug-likeness (QED) is 0.642. The fraction of sp³-hybridized carbons (Fsp3) is 0.632. The molecule has 1 amide bonds. The molecule has 0 N–H and O–H groups in total. The number of carbonyl (C=O) groups is 1. The Hall–Kier alpha value is -0.850. The standard InChI is InChI=1S/C19H27NO3S2/c1-2-22-16-5-7-18(8-6-16)25-14-19(21)20(15-9-11-24-13-15)12-17-4-3-10-23-17/h5-8,15,17H,2-4,9-14H2,1H3. The van der Waals surface area contributed by atoms with Crippen molar-refractivity contribution in [3.05, 3.63) is 24.3 Å². The maximum Gasteiger partial charge on any atom is 0.233 e. The second-order valence-electron chi connectivity index (χ2n) is 6.39. The molecule has 2 atom stereocenters. The molecule has 2 unspecified atom stereocenters. The minimum atomic E-state index is 0.227. The average Bonchev–Trinajstić information content (AvgIpc) is 3.33. The van der Waals surface area contributed by atoms with Crippen molar-refractivity contribution in [3.63, 3.8) is 0 Å². The first-order valence-electron chi connectivity index (χ1n) is 9.10. The Balaban J connectivity index is 1.55. The Kier molecular flexibility index (Phi) is 7.37.